The van der Waals surface area contributed by atoms with Gasteiger partial charge in [-0.2, -0.15) is 0 Å². The van der Waals surface area contributed by atoms with Gasteiger partial charge in [0.1, 0.15) is 5.75 Å². The minimum absolute atomic E-state index is 0.0969. The van der Waals surface area contributed by atoms with Crippen LogP contribution in [0.4, 0.5) is 13.2 Å². The van der Waals surface area contributed by atoms with Crippen LogP contribution in [0, 0.1) is 0 Å². The molecule has 0 radical (unpaired) electrons. The summed E-state index contributed by atoms with van der Waals surface area (Å²) in [6.45, 7) is 0.370. The molecule has 8 heteroatoms. The van der Waals surface area contributed by atoms with Gasteiger partial charge < -0.3 is 15.0 Å². The summed E-state index contributed by atoms with van der Waals surface area (Å²) in [7, 11) is 0. The second-order valence-electron chi connectivity index (χ2n) is 7.68. The predicted molar refractivity (Wildman–Crippen MR) is 103 cm³/mol. The fraction of sp³-hybridized carbons (Fsp3) is 0.364. The summed E-state index contributed by atoms with van der Waals surface area (Å²) < 4.78 is 40.8. The maximum Gasteiger partial charge on any atom is 0.573 e. The molecule has 1 N–H and O–H groups in total. The van der Waals surface area contributed by atoms with Crippen molar-refractivity contribution < 1.29 is 27.5 Å². The van der Waals surface area contributed by atoms with Gasteiger partial charge in [0.2, 0.25) is 0 Å². The minimum Gasteiger partial charge on any atom is -0.406 e. The van der Waals surface area contributed by atoms with Gasteiger partial charge in [0.05, 0.1) is 0 Å². The Kier molecular flexibility index (Phi) is 5.40. The van der Waals surface area contributed by atoms with Crippen LogP contribution < -0.4 is 10.1 Å². The quantitative estimate of drug-likeness (QED) is 0.730. The molecule has 2 amide bonds. The predicted octanol–water partition coefficient (Wildman–Crippen LogP) is 4.28. The van der Waals surface area contributed by atoms with Crippen molar-refractivity contribution in [2.45, 2.75) is 50.7 Å². The van der Waals surface area contributed by atoms with Crippen molar-refractivity contribution in [2.75, 3.05) is 0 Å². The van der Waals surface area contributed by atoms with E-state index in [1.54, 1.807) is 17.0 Å². The van der Waals surface area contributed by atoms with E-state index in [0.717, 1.165) is 43.4 Å². The number of halogens is 3. The normalized spacial score (nSPS) is 16.1. The highest BCUT2D eigenvalue weighted by Gasteiger charge is 2.34. The lowest BCUT2D eigenvalue weighted by atomic mass is 10.1. The van der Waals surface area contributed by atoms with Crippen LogP contribution >= 0.6 is 0 Å². The number of rotatable bonds is 7. The highest BCUT2D eigenvalue weighted by atomic mass is 19.4. The van der Waals surface area contributed by atoms with Gasteiger partial charge in [-0.15, -0.1) is 13.2 Å². The van der Waals surface area contributed by atoms with E-state index in [-0.39, 0.29) is 29.6 Å². The zero-order chi connectivity index (χ0) is 21.3. The molecule has 2 aromatic carbocycles. The van der Waals surface area contributed by atoms with Gasteiger partial charge in [0, 0.05) is 29.8 Å². The highest BCUT2D eigenvalue weighted by molar-refractivity contribution is 5.95. The first kappa shape index (κ1) is 20.3. The summed E-state index contributed by atoms with van der Waals surface area (Å²) in [6, 6.07) is 12.5. The highest BCUT2D eigenvalue weighted by Crippen LogP contribution is 2.31. The molecule has 2 aliphatic carbocycles. The Morgan fingerprint density at radius 2 is 1.53 bits per heavy atom. The largest absolute Gasteiger partial charge is 0.573 e. The Labute approximate surface area is 171 Å². The van der Waals surface area contributed by atoms with Crippen LogP contribution in [0.5, 0.6) is 5.75 Å². The van der Waals surface area contributed by atoms with Crippen molar-refractivity contribution in [3.05, 3.63) is 65.2 Å². The van der Waals surface area contributed by atoms with Crippen LogP contribution in [0.2, 0.25) is 0 Å². The fourth-order valence-electron chi connectivity index (χ4n) is 3.17. The first-order valence-electron chi connectivity index (χ1n) is 9.85. The minimum atomic E-state index is -4.77. The number of hydrogen-bond acceptors (Lipinski definition) is 3. The van der Waals surface area contributed by atoms with Crippen molar-refractivity contribution in [2.24, 2.45) is 0 Å². The summed E-state index contributed by atoms with van der Waals surface area (Å²) in [6.07, 6.45) is -0.948. The first-order chi connectivity index (χ1) is 14.3. The van der Waals surface area contributed by atoms with E-state index in [0.29, 0.717) is 17.7 Å². The molecule has 2 aromatic rings. The Balaban J connectivity index is 1.42. The molecular weight excluding hydrogens is 397 g/mol. The average Bonchev–Trinajstić information content (AvgIpc) is 3.60. The van der Waals surface area contributed by atoms with E-state index in [9.17, 15) is 22.8 Å². The third kappa shape index (κ3) is 5.31. The third-order valence-electron chi connectivity index (χ3n) is 5.06. The molecule has 0 bridgehead atoms. The lowest BCUT2D eigenvalue weighted by Crippen LogP contribution is -2.32. The number of alkyl halides is 3. The van der Waals surface area contributed by atoms with E-state index >= 15 is 0 Å². The molecule has 2 aliphatic rings. The molecule has 0 aromatic heterocycles. The summed E-state index contributed by atoms with van der Waals surface area (Å²) in [4.78, 5) is 26.7. The molecule has 0 aliphatic heterocycles. The third-order valence-corrected chi connectivity index (χ3v) is 5.06. The second-order valence-corrected chi connectivity index (χ2v) is 7.68. The van der Waals surface area contributed by atoms with Crippen LogP contribution in [0.15, 0.2) is 48.5 Å². The van der Waals surface area contributed by atoms with Crippen LogP contribution in [0.3, 0.4) is 0 Å². The van der Waals surface area contributed by atoms with E-state index in [1.807, 2.05) is 12.1 Å². The van der Waals surface area contributed by atoms with Gasteiger partial charge in [-0.1, -0.05) is 12.1 Å². The van der Waals surface area contributed by atoms with E-state index in [1.165, 1.54) is 12.1 Å². The van der Waals surface area contributed by atoms with Gasteiger partial charge in [-0.3, -0.25) is 9.59 Å². The Morgan fingerprint density at radius 1 is 0.933 bits per heavy atom. The van der Waals surface area contributed by atoms with Crippen molar-refractivity contribution in [1.82, 2.24) is 10.2 Å². The molecule has 5 nitrogen and oxygen atoms in total. The molecule has 0 saturated heterocycles. The number of nitrogens with zero attached hydrogens (tertiary/aromatic N) is 1. The summed E-state index contributed by atoms with van der Waals surface area (Å²) >= 11 is 0. The average molecular weight is 418 g/mol. The Morgan fingerprint density at radius 3 is 2.07 bits per heavy atom. The second kappa shape index (κ2) is 8.01. The lowest BCUT2D eigenvalue weighted by Gasteiger charge is -2.23. The molecule has 0 unspecified atom stereocenters. The Bertz CT molecular complexity index is 918. The van der Waals surface area contributed by atoms with E-state index < -0.39 is 6.36 Å². The summed E-state index contributed by atoms with van der Waals surface area (Å²) in [5.41, 5.74) is 1.77. The van der Waals surface area contributed by atoms with Crippen molar-refractivity contribution in [3.8, 4) is 5.75 Å². The lowest BCUT2D eigenvalue weighted by molar-refractivity contribution is -0.274. The smallest absolute Gasteiger partial charge is 0.406 e. The van der Waals surface area contributed by atoms with Crippen LogP contribution in [0.1, 0.15) is 52.0 Å². The number of hydrogen-bond donors (Lipinski definition) is 1. The number of carbonyl (C=O) groups excluding carboxylic acids is 2. The van der Waals surface area contributed by atoms with E-state index in [4.69, 9.17) is 0 Å². The summed E-state index contributed by atoms with van der Waals surface area (Å²) in [5.74, 6) is -0.705. The van der Waals surface area contributed by atoms with Gasteiger partial charge in [-0.25, -0.2) is 0 Å². The number of nitrogens with one attached hydrogen (secondary N) is 1. The number of benzene rings is 2. The fourth-order valence-corrected chi connectivity index (χ4v) is 3.17. The topological polar surface area (TPSA) is 58.6 Å². The molecule has 2 fully saturated rings. The zero-order valence-electron chi connectivity index (χ0n) is 16.1. The van der Waals surface area contributed by atoms with E-state index in [2.05, 4.69) is 10.1 Å². The van der Waals surface area contributed by atoms with Crippen molar-refractivity contribution in [1.29, 1.82) is 0 Å². The SMILES string of the molecule is O=C(NC1CC1)c1ccc(CN(C(=O)c2ccc(OC(F)(F)F)cc2)C2CC2)cc1. The molecule has 2 saturated carbocycles. The maximum absolute atomic E-state index is 12.9. The van der Waals surface area contributed by atoms with Crippen LogP contribution in [0.25, 0.3) is 0 Å². The van der Waals surface area contributed by atoms with Crippen LogP contribution in [-0.4, -0.2) is 35.2 Å². The van der Waals surface area contributed by atoms with Crippen molar-refractivity contribution >= 4 is 11.8 Å². The standard InChI is InChI=1S/C22H21F3N2O3/c23-22(24,25)30-19-11-5-16(6-12-19)21(29)27(18-9-10-18)13-14-1-3-15(4-2-14)20(28)26-17-7-8-17/h1-6,11-12,17-18H,7-10,13H2,(H,26,28). The molecule has 158 valence electrons. The van der Waals surface area contributed by atoms with Gasteiger partial charge in [-0.05, 0) is 67.6 Å². The molecular formula is C22H21F3N2O3. The number of amides is 2. The molecule has 30 heavy (non-hydrogen) atoms. The Hall–Kier alpha value is -3.03. The van der Waals surface area contributed by atoms with Gasteiger partial charge in [0.25, 0.3) is 11.8 Å². The number of ether oxygens (including phenoxy) is 1. The number of carbonyl (C=O) groups is 2. The zero-order valence-corrected chi connectivity index (χ0v) is 16.1. The molecule has 0 atom stereocenters. The molecule has 0 heterocycles. The van der Waals surface area contributed by atoms with Gasteiger partial charge >= 0.3 is 6.36 Å². The maximum atomic E-state index is 12.9. The summed E-state index contributed by atoms with van der Waals surface area (Å²) in [5, 5.41) is 2.93. The van der Waals surface area contributed by atoms with Crippen LogP contribution in [-0.2, 0) is 6.54 Å². The van der Waals surface area contributed by atoms with Crippen molar-refractivity contribution in [3.63, 3.8) is 0 Å². The molecule has 0 spiro atoms. The van der Waals surface area contributed by atoms with Gasteiger partial charge in [0.15, 0.2) is 0 Å². The monoisotopic (exact) mass is 418 g/mol. The first-order valence-corrected chi connectivity index (χ1v) is 9.85. The molecule has 4 rings (SSSR count).